The van der Waals surface area contributed by atoms with Gasteiger partial charge in [0.25, 0.3) is 0 Å². The molecular formula is C9H10BBr2O. The van der Waals surface area contributed by atoms with Crippen LogP contribution in [0.4, 0.5) is 0 Å². The Hall–Kier alpha value is 0.305. The molecule has 2 aliphatic rings. The largest absolute Gasteiger partial charge is 0.513 e. The number of aliphatic hydroxyl groups excluding tert-OH is 1. The summed E-state index contributed by atoms with van der Waals surface area (Å²) in [6.45, 7) is 1.95. The molecule has 69 valence electrons. The molecule has 0 bridgehead atoms. The second-order valence-corrected chi connectivity index (χ2v) is 5.63. The van der Waals surface area contributed by atoms with Gasteiger partial charge in [-0.05, 0) is 10.9 Å². The van der Waals surface area contributed by atoms with Crippen LogP contribution in [-0.4, -0.2) is 17.2 Å². The van der Waals surface area contributed by atoms with E-state index in [0.29, 0.717) is 16.5 Å². The van der Waals surface area contributed by atoms with Crippen LogP contribution in [-0.2, 0) is 0 Å². The number of halogens is 2. The zero-order chi connectivity index (χ0) is 9.59. The van der Waals surface area contributed by atoms with Crippen LogP contribution in [0.25, 0.3) is 0 Å². The highest BCUT2D eigenvalue weighted by atomic mass is 79.9. The van der Waals surface area contributed by atoms with Crippen molar-refractivity contribution < 1.29 is 5.11 Å². The third kappa shape index (κ3) is 1.42. The van der Waals surface area contributed by atoms with Gasteiger partial charge in [0.05, 0.1) is 5.76 Å². The second kappa shape index (κ2) is 3.46. The van der Waals surface area contributed by atoms with Crippen LogP contribution in [0.3, 0.4) is 0 Å². The Kier molecular flexibility index (Phi) is 2.62. The highest BCUT2D eigenvalue weighted by Gasteiger charge is 2.45. The smallest absolute Gasteiger partial charge is 0.152 e. The summed E-state index contributed by atoms with van der Waals surface area (Å²) >= 11 is 7.13. The monoisotopic (exact) mass is 303 g/mol. The maximum absolute atomic E-state index is 9.90. The fourth-order valence-electron chi connectivity index (χ4n) is 1.99. The molecule has 2 rings (SSSR count). The molecule has 1 fully saturated rings. The van der Waals surface area contributed by atoms with Crippen molar-refractivity contribution in [3.8, 4) is 0 Å². The zero-order valence-corrected chi connectivity index (χ0v) is 10.5. The van der Waals surface area contributed by atoms with Gasteiger partial charge >= 0.3 is 0 Å². The molecule has 0 aliphatic heterocycles. The van der Waals surface area contributed by atoms with E-state index < -0.39 is 0 Å². The van der Waals surface area contributed by atoms with Crippen molar-refractivity contribution in [3.63, 3.8) is 0 Å². The van der Waals surface area contributed by atoms with Gasteiger partial charge in [0.15, 0.2) is 7.28 Å². The Morgan fingerprint density at radius 2 is 2.31 bits per heavy atom. The van der Waals surface area contributed by atoms with E-state index in [0.717, 1.165) is 11.9 Å². The second-order valence-electron chi connectivity index (χ2n) is 3.54. The van der Waals surface area contributed by atoms with Crippen LogP contribution in [0.15, 0.2) is 21.8 Å². The highest BCUT2D eigenvalue weighted by molar-refractivity contribution is 9.11. The Morgan fingerprint density at radius 3 is 2.85 bits per heavy atom. The molecule has 1 N–H and O–H groups in total. The van der Waals surface area contributed by atoms with Crippen LogP contribution in [0, 0.1) is 11.8 Å². The van der Waals surface area contributed by atoms with Crippen LogP contribution < -0.4 is 0 Å². The number of aliphatic hydroxyl groups is 1. The summed E-state index contributed by atoms with van der Waals surface area (Å²) in [6.07, 6.45) is 3.14. The lowest BCUT2D eigenvalue weighted by Gasteiger charge is -2.44. The van der Waals surface area contributed by atoms with Crippen molar-refractivity contribution in [2.75, 3.05) is 0 Å². The van der Waals surface area contributed by atoms with Gasteiger partial charge in [0.1, 0.15) is 0 Å². The van der Waals surface area contributed by atoms with Crippen molar-refractivity contribution in [1.29, 1.82) is 0 Å². The van der Waals surface area contributed by atoms with Crippen molar-refractivity contribution in [1.82, 2.24) is 0 Å². The Bertz CT molecular complexity index is 298. The summed E-state index contributed by atoms with van der Waals surface area (Å²) in [7, 11) is 1.95. The Morgan fingerprint density at radius 1 is 1.62 bits per heavy atom. The van der Waals surface area contributed by atoms with E-state index in [1.807, 2.05) is 20.2 Å². The zero-order valence-electron chi connectivity index (χ0n) is 7.30. The van der Waals surface area contributed by atoms with E-state index in [4.69, 9.17) is 0 Å². The van der Waals surface area contributed by atoms with Gasteiger partial charge in [-0.1, -0.05) is 50.2 Å². The SMILES string of the molecule is C[B]C1=C(O)C2C(Br)C[C@@H]2C(Br)=C1. The van der Waals surface area contributed by atoms with Gasteiger partial charge in [-0.3, -0.25) is 0 Å². The van der Waals surface area contributed by atoms with Crippen LogP contribution in [0.5, 0.6) is 0 Å². The molecular weight excluding hydrogens is 295 g/mol. The minimum atomic E-state index is 0.283. The first-order chi connectivity index (χ1) is 6.15. The summed E-state index contributed by atoms with van der Waals surface area (Å²) in [4.78, 5) is 0.439. The number of allylic oxidation sites excluding steroid dienone is 4. The lowest BCUT2D eigenvalue weighted by Crippen LogP contribution is -2.41. The minimum absolute atomic E-state index is 0.283. The third-order valence-corrected chi connectivity index (χ3v) is 4.63. The Labute approximate surface area is 95.8 Å². The molecule has 3 atom stereocenters. The summed E-state index contributed by atoms with van der Waals surface area (Å²) in [5.41, 5.74) is 0.956. The van der Waals surface area contributed by atoms with Gasteiger partial charge in [-0.2, -0.15) is 0 Å². The van der Waals surface area contributed by atoms with E-state index >= 15 is 0 Å². The first kappa shape index (κ1) is 9.84. The normalized spacial score (nSPS) is 37.8. The maximum Gasteiger partial charge on any atom is 0.152 e. The molecule has 0 aromatic carbocycles. The van der Waals surface area contributed by atoms with Crippen LogP contribution in [0.2, 0.25) is 6.82 Å². The van der Waals surface area contributed by atoms with Gasteiger partial charge < -0.3 is 5.11 Å². The molecule has 4 heteroatoms. The first-order valence-electron chi connectivity index (χ1n) is 4.38. The molecule has 0 heterocycles. The summed E-state index contributed by atoms with van der Waals surface area (Å²) < 4.78 is 1.22. The number of rotatable bonds is 1. The maximum atomic E-state index is 9.90. The molecule has 1 radical (unpaired) electrons. The van der Waals surface area contributed by atoms with E-state index in [2.05, 4.69) is 31.9 Å². The molecule has 0 saturated heterocycles. The number of alkyl halides is 1. The third-order valence-electron chi connectivity index (χ3n) is 2.87. The van der Waals surface area contributed by atoms with Crippen molar-refractivity contribution >= 4 is 39.1 Å². The van der Waals surface area contributed by atoms with E-state index in [9.17, 15) is 5.11 Å². The van der Waals surface area contributed by atoms with Crippen molar-refractivity contribution in [2.45, 2.75) is 18.1 Å². The average molecular weight is 305 g/mol. The lowest BCUT2D eigenvalue weighted by atomic mass is 9.61. The van der Waals surface area contributed by atoms with Crippen molar-refractivity contribution in [2.24, 2.45) is 11.8 Å². The van der Waals surface area contributed by atoms with Gasteiger partial charge in [-0.15, -0.1) is 0 Å². The molecule has 0 aromatic rings. The molecule has 2 aliphatic carbocycles. The van der Waals surface area contributed by atoms with Crippen LogP contribution in [0.1, 0.15) is 6.42 Å². The predicted molar refractivity (Wildman–Crippen MR) is 62.6 cm³/mol. The highest BCUT2D eigenvalue weighted by Crippen LogP contribution is 2.52. The van der Waals surface area contributed by atoms with Gasteiger partial charge in [0, 0.05) is 16.7 Å². The number of fused-ring (bicyclic) bond motifs is 1. The molecule has 1 nitrogen and oxygen atoms in total. The molecule has 1 saturated carbocycles. The van der Waals surface area contributed by atoms with Crippen LogP contribution >= 0.6 is 31.9 Å². The predicted octanol–water partition coefficient (Wildman–Crippen LogP) is 3.20. The topological polar surface area (TPSA) is 20.2 Å². The average Bonchev–Trinajstić information content (AvgIpc) is 2.07. The molecule has 13 heavy (non-hydrogen) atoms. The number of hydrogen-bond acceptors (Lipinski definition) is 1. The first-order valence-corrected chi connectivity index (χ1v) is 6.09. The minimum Gasteiger partial charge on any atom is -0.513 e. The molecule has 2 unspecified atom stereocenters. The fraction of sp³-hybridized carbons (Fsp3) is 0.556. The van der Waals surface area contributed by atoms with E-state index in [-0.39, 0.29) is 5.92 Å². The van der Waals surface area contributed by atoms with Gasteiger partial charge in [-0.25, -0.2) is 0 Å². The molecule has 0 aromatic heterocycles. The molecule has 0 amide bonds. The van der Waals surface area contributed by atoms with Gasteiger partial charge in [0.2, 0.25) is 0 Å². The fourth-order valence-corrected chi connectivity index (χ4v) is 3.73. The van der Waals surface area contributed by atoms with Crippen molar-refractivity contribution in [3.05, 3.63) is 21.8 Å². The summed E-state index contributed by atoms with van der Waals surface area (Å²) in [5.74, 6) is 1.32. The summed E-state index contributed by atoms with van der Waals surface area (Å²) in [6, 6.07) is 0. The standard InChI is InChI=1S/C9H10BBr2O/c1-10-5-3-6(11)4-2-7(12)8(4)9(5)13/h3-4,7-8,13H,2H2,1H3/t4-,7?,8?/m1/s1. The molecule has 0 spiro atoms. The van der Waals surface area contributed by atoms with E-state index in [1.54, 1.807) is 0 Å². The lowest BCUT2D eigenvalue weighted by molar-refractivity contribution is 0.195. The quantitative estimate of drug-likeness (QED) is 0.583. The summed E-state index contributed by atoms with van der Waals surface area (Å²) in [5, 5.41) is 9.90. The Balaban J connectivity index is 2.33. The van der Waals surface area contributed by atoms with E-state index in [1.165, 1.54) is 4.48 Å². The number of hydrogen-bond donors (Lipinski definition) is 1.